The summed E-state index contributed by atoms with van der Waals surface area (Å²) in [5, 5.41) is 5.37. The van der Waals surface area contributed by atoms with Gasteiger partial charge in [0, 0.05) is 11.6 Å². The Bertz CT molecular complexity index is 639. The molecule has 0 atom stereocenters. The van der Waals surface area contributed by atoms with Gasteiger partial charge in [-0.1, -0.05) is 12.1 Å². The highest BCUT2D eigenvalue weighted by atomic mass is 32.1. The highest BCUT2D eigenvalue weighted by Crippen LogP contribution is 2.27. The number of anilines is 2. The molecule has 2 N–H and O–H groups in total. The van der Waals surface area contributed by atoms with Crippen molar-refractivity contribution in [3.63, 3.8) is 0 Å². The van der Waals surface area contributed by atoms with Crippen molar-refractivity contribution in [3.05, 3.63) is 35.8 Å². The summed E-state index contributed by atoms with van der Waals surface area (Å²) in [5.74, 6) is 0.929. The van der Waals surface area contributed by atoms with E-state index in [1.54, 1.807) is 13.3 Å². The van der Waals surface area contributed by atoms with Gasteiger partial charge in [0.15, 0.2) is 11.7 Å². The number of carbonyl (C=O) groups excluding carboxylic acids is 1. The summed E-state index contributed by atoms with van der Waals surface area (Å²) < 4.78 is 5.43. The van der Waals surface area contributed by atoms with Gasteiger partial charge in [0.05, 0.1) is 39.0 Å². The first kappa shape index (κ1) is 15.8. The van der Waals surface area contributed by atoms with Crippen LogP contribution in [0.15, 0.2) is 35.8 Å². The van der Waals surface area contributed by atoms with Gasteiger partial charge in [0.2, 0.25) is 0 Å². The van der Waals surface area contributed by atoms with Gasteiger partial charge in [-0.25, -0.2) is 4.98 Å². The molecule has 122 valence electrons. The van der Waals surface area contributed by atoms with E-state index in [2.05, 4.69) is 21.3 Å². The SMILES string of the molecule is COc1ccccc1N1CC[NH+](CC(=O)Nc2nccs2)CC1. The second-order valence-corrected chi connectivity index (χ2v) is 6.37. The fraction of sp³-hybridized carbons (Fsp3) is 0.375. The molecule has 6 nitrogen and oxygen atoms in total. The second-order valence-electron chi connectivity index (χ2n) is 5.47. The Balaban J connectivity index is 1.51. The molecule has 0 unspecified atom stereocenters. The van der Waals surface area contributed by atoms with Crippen LogP contribution in [0.25, 0.3) is 0 Å². The first-order valence-corrected chi connectivity index (χ1v) is 8.55. The number of nitrogens with one attached hydrogen (secondary N) is 2. The number of thiazole rings is 1. The molecule has 23 heavy (non-hydrogen) atoms. The zero-order chi connectivity index (χ0) is 16.1. The molecule has 0 aliphatic carbocycles. The van der Waals surface area contributed by atoms with Crippen LogP contribution in [-0.2, 0) is 4.79 Å². The Kier molecular flexibility index (Phi) is 5.09. The molecule has 0 bridgehead atoms. The number of amides is 1. The maximum atomic E-state index is 12.0. The molecule has 0 spiro atoms. The van der Waals surface area contributed by atoms with E-state index in [1.807, 2.05) is 23.6 Å². The van der Waals surface area contributed by atoms with Gasteiger partial charge in [0.25, 0.3) is 5.91 Å². The molecular formula is C16H21N4O2S+. The van der Waals surface area contributed by atoms with E-state index in [0.29, 0.717) is 11.7 Å². The molecule has 3 rings (SSSR count). The number of nitrogens with zero attached hydrogens (tertiary/aromatic N) is 2. The molecule has 1 fully saturated rings. The Morgan fingerprint density at radius 2 is 2.17 bits per heavy atom. The van der Waals surface area contributed by atoms with Crippen LogP contribution in [-0.4, -0.2) is 50.7 Å². The van der Waals surface area contributed by atoms with E-state index in [9.17, 15) is 4.79 Å². The number of para-hydroxylation sites is 2. The molecule has 2 aromatic rings. The lowest BCUT2D eigenvalue weighted by molar-refractivity contribution is -0.892. The Morgan fingerprint density at radius 1 is 1.39 bits per heavy atom. The van der Waals surface area contributed by atoms with Gasteiger partial charge in [-0.05, 0) is 12.1 Å². The lowest BCUT2D eigenvalue weighted by Crippen LogP contribution is -3.15. The van der Waals surface area contributed by atoms with Crippen molar-refractivity contribution in [3.8, 4) is 5.75 Å². The van der Waals surface area contributed by atoms with Crippen LogP contribution < -0.4 is 19.9 Å². The Morgan fingerprint density at radius 3 is 2.87 bits per heavy atom. The molecule has 1 aliphatic rings. The molecule has 1 aliphatic heterocycles. The first-order valence-electron chi connectivity index (χ1n) is 7.67. The highest BCUT2D eigenvalue weighted by Gasteiger charge is 2.24. The van der Waals surface area contributed by atoms with Gasteiger partial charge in [0.1, 0.15) is 5.75 Å². The van der Waals surface area contributed by atoms with E-state index in [4.69, 9.17) is 4.74 Å². The number of methoxy groups -OCH3 is 1. The maximum Gasteiger partial charge on any atom is 0.281 e. The average molecular weight is 333 g/mol. The van der Waals surface area contributed by atoms with E-state index in [-0.39, 0.29) is 5.91 Å². The molecule has 1 aromatic heterocycles. The lowest BCUT2D eigenvalue weighted by Gasteiger charge is -2.33. The van der Waals surface area contributed by atoms with E-state index >= 15 is 0 Å². The van der Waals surface area contributed by atoms with Crippen LogP contribution in [0.5, 0.6) is 5.75 Å². The average Bonchev–Trinajstić information content (AvgIpc) is 3.08. The van der Waals surface area contributed by atoms with Crippen LogP contribution in [0.4, 0.5) is 10.8 Å². The smallest absolute Gasteiger partial charge is 0.281 e. The van der Waals surface area contributed by atoms with E-state index in [0.717, 1.165) is 37.6 Å². The minimum atomic E-state index is 0.0284. The second kappa shape index (κ2) is 7.43. The van der Waals surface area contributed by atoms with Crippen molar-refractivity contribution >= 4 is 28.1 Å². The summed E-state index contributed by atoms with van der Waals surface area (Å²) >= 11 is 1.44. The number of hydrogen-bond donors (Lipinski definition) is 2. The number of piperazine rings is 1. The zero-order valence-corrected chi connectivity index (χ0v) is 13.9. The summed E-state index contributed by atoms with van der Waals surface area (Å²) in [5.41, 5.74) is 1.13. The van der Waals surface area contributed by atoms with Crippen molar-refractivity contribution < 1.29 is 14.4 Å². The fourth-order valence-corrected chi connectivity index (χ4v) is 3.35. The summed E-state index contributed by atoms with van der Waals surface area (Å²) in [6.07, 6.45) is 1.69. The lowest BCUT2D eigenvalue weighted by atomic mass is 10.2. The summed E-state index contributed by atoms with van der Waals surface area (Å²) in [7, 11) is 1.70. The standard InChI is InChI=1S/C16H20N4O2S/c1-22-14-5-3-2-4-13(14)20-9-7-19(8-10-20)12-15(21)18-16-17-6-11-23-16/h2-6,11H,7-10,12H2,1H3,(H,17,18,21)/p+1. The van der Waals surface area contributed by atoms with Gasteiger partial charge < -0.3 is 14.5 Å². The van der Waals surface area contributed by atoms with Gasteiger partial charge in [-0.3, -0.25) is 10.1 Å². The van der Waals surface area contributed by atoms with Crippen molar-refractivity contribution in [1.29, 1.82) is 0 Å². The van der Waals surface area contributed by atoms with Gasteiger partial charge in [-0.2, -0.15) is 0 Å². The number of rotatable bonds is 5. The molecule has 2 heterocycles. The normalized spacial score (nSPS) is 15.4. The summed E-state index contributed by atoms with van der Waals surface area (Å²) in [4.78, 5) is 19.7. The topological polar surface area (TPSA) is 58.9 Å². The Hall–Kier alpha value is -2.12. The highest BCUT2D eigenvalue weighted by molar-refractivity contribution is 7.13. The molecular weight excluding hydrogens is 312 g/mol. The van der Waals surface area contributed by atoms with Crippen molar-refractivity contribution in [2.24, 2.45) is 0 Å². The number of hydrogen-bond acceptors (Lipinski definition) is 5. The van der Waals surface area contributed by atoms with Crippen LogP contribution in [0.3, 0.4) is 0 Å². The van der Waals surface area contributed by atoms with Crippen LogP contribution >= 0.6 is 11.3 Å². The van der Waals surface area contributed by atoms with Crippen molar-refractivity contribution in [1.82, 2.24) is 4.98 Å². The minimum Gasteiger partial charge on any atom is -0.495 e. The zero-order valence-electron chi connectivity index (χ0n) is 13.1. The largest absolute Gasteiger partial charge is 0.495 e. The van der Waals surface area contributed by atoms with E-state index < -0.39 is 0 Å². The molecule has 1 amide bonds. The Labute approximate surface area is 139 Å². The number of carbonyl (C=O) groups is 1. The number of ether oxygens (including phenoxy) is 1. The number of quaternary nitrogens is 1. The van der Waals surface area contributed by atoms with Crippen LogP contribution in [0.2, 0.25) is 0 Å². The van der Waals surface area contributed by atoms with Crippen LogP contribution in [0, 0.1) is 0 Å². The summed E-state index contributed by atoms with van der Waals surface area (Å²) in [6.45, 7) is 4.19. The third kappa shape index (κ3) is 4.00. The van der Waals surface area contributed by atoms with Gasteiger partial charge in [-0.15, -0.1) is 11.3 Å². The molecule has 0 radical (unpaired) electrons. The third-order valence-corrected chi connectivity index (χ3v) is 4.67. The monoisotopic (exact) mass is 333 g/mol. The minimum absolute atomic E-state index is 0.0284. The fourth-order valence-electron chi connectivity index (χ4n) is 2.81. The maximum absolute atomic E-state index is 12.0. The molecule has 0 saturated carbocycles. The molecule has 1 saturated heterocycles. The van der Waals surface area contributed by atoms with Crippen molar-refractivity contribution in [2.75, 3.05) is 50.1 Å². The van der Waals surface area contributed by atoms with Gasteiger partial charge >= 0.3 is 0 Å². The molecule has 1 aromatic carbocycles. The predicted octanol–water partition coefficient (Wildman–Crippen LogP) is 0.495. The van der Waals surface area contributed by atoms with E-state index in [1.165, 1.54) is 16.2 Å². The molecule has 7 heteroatoms. The number of benzene rings is 1. The quantitative estimate of drug-likeness (QED) is 0.836. The third-order valence-electron chi connectivity index (χ3n) is 3.99. The van der Waals surface area contributed by atoms with Crippen LogP contribution in [0.1, 0.15) is 0 Å². The van der Waals surface area contributed by atoms with Crippen molar-refractivity contribution in [2.45, 2.75) is 0 Å². The first-order chi connectivity index (χ1) is 11.3. The number of aromatic nitrogens is 1. The summed E-state index contributed by atoms with van der Waals surface area (Å²) in [6, 6.07) is 8.07. The predicted molar refractivity (Wildman–Crippen MR) is 91.5 cm³/mol.